The van der Waals surface area contributed by atoms with E-state index in [1.807, 2.05) is 11.8 Å². The first-order valence-corrected chi connectivity index (χ1v) is 14.3. The van der Waals surface area contributed by atoms with Gasteiger partial charge in [0.15, 0.2) is 0 Å². The molecule has 190 valence electrons. The second-order valence-electron chi connectivity index (χ2n) is 10.1. The van der Waals surface area contributed by atoms with E-state index in [9.17, 15) is 0 Å². The predicted octanol–water partition coefficient (Wildman–Crippen LogP) is 8.50. The topological polar surface area (TPSA) is 12.1 Å². The molecule has 0 N–H and O–H groups in total. The van der Waals surface area contributed by atoms with E-state index in [4.69, 9.17) is 0 Å². The zero-order valence-electron chi connectivity index (χ0n) is 22.4. The molecule has 0 atom stereocenters. The van der Waals surface area contributed by atoms with Crippen LogP contribution in [0.5, 0.6) is 0 Å². The van der Waals surface area contributed by atoms with Crippen LogP contribution in [0.3, 0.4) is 0 Å². The van der Waals surface area contributed by atoms with Gasteiger partial charge in [0.1, 0.15) is 7.05 Å². The van der Waals surface area contributed by atoms with Crippen LogP contribution in [-0.4, -0.2) is 11.6 Å². The number of fused-ring (bicyclic) bond motifs is 5. The zero-order valence-corrected chi connectivity index (χ0v) is 23.2. The van der Waals surface area contributed by atoms with Gasteiger partial charge in [0.05, 0.1) is 16.1 Å². The van der Waals surface area contributed by atoms with Crippen LogP contribution in [0.15, 0.2) is 107 Å². The second-order valence-corrected chi connectivity index (χ2v) is 11.1. The molecule has 0 saturated heterocycles. The first-order valence-electron chi connectivity index (χ1n) is 13.5. The molecule has 2 aromatic heterocycles. The molecule has 1 aliphatic heterocycles. The van der Waals surface area contributed by atoms with Crippen molar-refractivity contribution in [3.05, 3.63) is 119 Å². The van der Waals surface area contributed by atoms with Gasteiger partial charge in [-0.15, -0.1) is 0 Å². The van der Waals surface area contributed by atoms with Gasteiger partial charge in [-0.3, -0.25) is 0 Å². The summed E-state index contributed by atoms with van der Waals surface area (Å²) >= 11 is 1.83. The fourth-order valence-electron chi connectivity index (χ4n) is 5.84. The summed E-state index contributed by atoms with van der Waals surface area (Å²) in [5, 5.41) is 5.11. The van der Waals surface area contributed by atoms with E-state index in [0.29, 0.717) is 0 Å². The highest BCUT2D eigenvalue weighted by Crippen LogP contribution is 2.45. The van der Waals surface area contributed by atoms with Gasteiger partial charge in [0, 0.05) is 58.5 Å². The first-order chi connectivity index (χ1) is 19.1. The molecule has 7 rings (SSSR count). The lowest BCUT2D eigenvalue weighted by Gasteiger charge is -2.14. The number of rotatable bonds is 4. The van der Waals surface area contributed by atoms with E-state index in [1.165, 1.54) is 65.1 Å². The molecule has 3 nitrogen and oxygen atoms in total. The van der Waals surface area contributed by atoms with Gasteiger partial charge in [-0.1, -0.05) is 60.3 Å². The van der Waals surface area contributed by atoms with Crippen LogP contribution in [0, 0.1) is 0 Å². The average Bonchev–Trinajstić information content (AvgIpc) is 3.47. The van der Waals surface area contributed by atoms with Crippen molar-refractivity contribution in [1.29, 1.82) is 0 Å². The lowest BCUT2D eigenvalue weighted by atomic mass is 10.1. The summed E-state index contributed by atoms with van der Waals surface area (Å²) in [6, 6.07) is 35.1. The number of nitrogens with zero attached hydrogens (tertiary/aromatic N) is 3. The fraction of sp³-hybridized carbons (Fsp3) is 0.114. The normalized spacial score (nSPS) is 14.4. The van der Waals surface area contributed by atoms with Crippen molar-refractivity contribution in [2.24, 2.45) is 7.05 Å². The lowest BCUT2D eigenvalue weighted by Crippen LogP contribution is -2.33. The van der Waals surface area contributed by atoms with Gasteiger partial charge in [-0.05, 0) is 66.6 Å². The van der Waals surface area contributed by atoms with E-state index in [1.54, 1.807) is 0 Å². The van der Waals surface area contributed by atoms with Gasteiger partial charge in [0.25, 0.3) is 0 Å². The Morgan fingerprint density at radius 3 is 2.36 bits per heavy atom. The van der Waals surface area contributed by atoms with Gasteiger partial charge in [-0.2, -0.15) is 4.57 Å². The van der Waals surface area contributed by atoms with Crippen molar-refractivity contribution in [3.8, 4) is 0 Å². The zero-order chi connectivity index (χ0) is 26.5. The molecular weight excluding hydrogens is 494 g/mol. The largest absolute Gasteiger partial charge is 0.341 e. The lowest BCUT2D eigenvalue weighted by molar-refractivity contribution is -0.646. The average molecular weight is 525 g/mol. The van der Waals surface area contributed by atoms with E-state index in [2.05, 4.69) is 150 Å². The Hall–Kier alpha value is -4.28. The van der Waals surface area contributed by atoms with E-state index in [-0.39, 0.29) is 0 Å². The van der Waals surface area contributed by atoms with E-state index < -0.39 is 0 Å². The predicted molar refractivity (Wildman–Crippen MR) is 168 cm³/mol. The molecule has 1 aliphatic rings. The molecular formula is C35H30N3S+. The molecule has 3 heterocycles. The number of aryl methyl sites for hydroxylation is 2. The molecule has 0 unspecified atom stereocenters. The fourth-order valence-corrected chi connectivity index (χ4v) is 6.94. The number of thioether (sulfide) groups is 1. The number of aromatic nitrogens is 2. The highest BCUT2D eigenvalue weighted by molar-refractivity contribution is 8.03. The molecule has 0 bridgehead atoms. The summed E-state index contributed by atoms with van der Waals surface area (Å²) in [5.74, 6) is 0. The van der Waals surface area contributed by atoms with Crippen molar-refractivity contribution in [2.75, 3.05) is 11.9 Å². The van der Waals surface area contributed by atoms with Gasteiger partial charge >= 0.3 is 0 Å². The first kappa shape index (κ1) is 23.8. The Labute approximate surface area is 233 Å². The highest BCUT2D eigenvalue weighted by atomic mass is 32.2. The maximum absolute atomic E-state index is 2.40. The minimum Gasteiger partial charge on any atom is -0.341 e. The van der Waals surface area contributed by atoms with Crippen LogP contribution < -0.4 is 9.47 Å². The minimum absolute atomic E-state index is 0.961. The van der Waals surface area contributed by atoms with E-state index in [0.717, 1.165) is 6.54 Å². The summed E-state index contributed by atoms with van der Waals surface area (Å²) in [7, 11) is 4.31. The van der Waals surface area contributed by atoms with Crippen LogP contribution in [0.2, 0.25) is 0 Å². The van der Waals surface area contributed by atoms with Crippen molar-refractivity contribution >= 4 is 68.4 Å². The minimum atomic E-state index is 0.961. The number of benzene rings is 4. The maximum atomic E-state index is 2.40. The van der Waals surface area contributed by atoms with Crippen LogP contribution in [0.1, 0.15) is 23.7 Å². The molecule has 0 fully saturated rings. The quantitative estimate of drug-likeness (QED) is 0.214. The highest BCUT2D eigenvalue weighted by Gasteiger charge is 2.22. The molecule has 0 aliphatic carbocycles. The SMILES string of the molecule is CCn1c2ccccc2c2cc(/C=C/c3cc(/C=C4\Sc5ccccc5N4C)c4ccccc4[n+]3C)ccc21. The summed E-state index contributed by atoms with van der Waals surface area (Å²) in [6.07, 6.45) is 6.82. The van der Waals surface area contributed by atoms with Crippen LogP contribution in [0.25, 0.3) is 50.9 Å². The Kier molecular flexibility index (Phi) is 5.79. The molecule has 0 amide bonds. The maximum Gasteiger partial charge on any atom is 0.213 e. The standard InChI is InChI=1S/C35H30N3S/c1-4-38-31-14-8-6-12-28(31)29-21-24(18-20-32(29)38)17-19-26-22-25(27-11-5-7-13-30(27)36(26)2)23-35-37(3)33-15-9-10-16-34(33)39-35/h5-23H,4H2,1-3H3/q+1. The van der Waals surface area contributed by atoms with Crippen molar-refractivity contribution in [2.45, 2.75) is 18.4 Å². The van der Waals surface area contributed by atoms with Crippen molar-refractivity contribution in [1.82, 2.24) is 4.57 Å². The Balaban J connectivity index is 1.32. The van der Waals surface area contributed by atoms with E-state index >= 15 is 0 Å². The number of para-hydroxylation sites is 3. The molecule has 39 heavy (non-hydrogen) atoms. The van der Waals surface area contributed by atoms with Crippen LogP contribution in [0.4, 0.5) is 5.69 Å². The molecule has 4 aromatic carbocycles. The summed E-state index contributed by atoms with van der Waals surface area (Å²) in [4.78, 5) is 3.59. The Morgan fingerprint density at radius 2 is 1.51 bits per heavy atom. The Morgan fingerprint density at radius 1 is 0.769 bits per heavy atom. The second kappa shape index (κ2) is 9.48. The molecule has 4 heteroatoms. The molecule has 6 aromatic rings. The number of hydrogen-bond acceptors (Lipinski definition) is 2. The summed E-state index contributed by atoms with van der Waals surface area (Å²) < 4.78 is 4.69. The van der Waals surface area contributed by atoms with Gasteiger partial charge < -0.3 is 9.47 Å². The number of anilines is 1. The van der Waals surface area contributed by atoms with Crippen molar-refractivity contribution in [3.63, 3.8) is 0 Å². The third-order valence-corrected chi connectivity index (χ3v) is 9.04. The van der Waals surface area contributed by atoms with Gasteiger partial charge in [-0.25, -0.2) is 0 Å². The molecule has 0 spiro atoms. The molecule has 0 radical (unpaired) electrons. The Bertz CT molecular complexity index is 1960. The number of pyridine rings is 1. The van der Waals surface area contributed by atoms with Crippen LogP contribution >= 0.6 is 11.8 Å². The third kappa shape index (κ3) is 3.95. The van der Waals surface area contributed by atoms with Crippen LogP contribution in [-0.2, 0) is 13.6 Å². The number of hydrogen-bond donors (Lipinski definition) is 0. The van der Waals surface area contributed by atoms with Gasteiger partial charge in [0.2, 0.25) is 11.2 Å². The third-order valence-electron chi connectivity index (χ3n) is 7.88. The molecule has 0 saturated carbocycles. The summed E-state index contributed by atoms with van der Waals surface area (Å²) in [5.41, 5.74) is 8.67. The monoisotopic (exact) mass is 524 g/mol. The van der Waals surface area contributed by atoms with Crippen molar-refractivity contribution < 1.29 is 4.57 Å². The summed E-state index contributed by atoms with van der Waals surface area (Å²) in [6.45, 7) is 3.18. The smallest absolute Gasteiger partial charge is 0.213 e.